The van der Waals surface area contributed by atoms with Gasteiger partial charge >= 0.3 is 0 Å². The van der Waals surface area contributed by atoms with Crippen LogP contribution < -0.4 is 5.32 Å². The topological polar surface area (TPSA) is 49.9 Å². The summed E-state index contributed by atoms with van der Waals surface area (Å²) < 4.78 is 5.88. The predicted molar refractivity (Wildman–Crippen MR) is 81.5 cm³/mol. The molecule has 0 spiro atoms. The highest BCUT2D eigenvalue weighted by molar-refractivity contribution is 5.11. The Bertz CT molecular complexity index is 427. The molecule has 114 valence electrons. The Morgan fingerprint density at radius 2 is 1.95 bits per heavy atom. The van der Waals surface area contributed by atoms with Gasteiger partial charge in [0.25, 0.3) is 0 Å². The third kappa shape index (κ3) is 3.41. The van der Waals surface area contributed by atoms with E-state index in [2.05, 4.69) is 43.0 Å². The van der Waals surface area contributed by atoms with Crippen LogP contribution >= 0.6 is 0 Å². The van der Waals surface area contributed by atoms with Crippen molar-refractivity contribution in [3.8, 4) is 0 Å². The van der Waals surface area contributed by atoms with E-state index in [4.69, 9.17) is 4.74 Å². The molecule has 20 heavy (non-hydrogen) atoms. The number of rotatable bonds is 5. The highest BCUT2D eigenvalue weighted by Crippen LogP contribution is 2.46. The molecule has 1 fully saturated rings. The number of aromatic amines is 1. The largest absolute Gasteiger partial charge is 0.370 e. The van der Waals surface area contributed by atoms with Gasteiger partial charge in [0, 0.05) is 31.6 Å². The highest BCUT2D eigenvalue weighted by Gasteiger charge is 2.41. The van der Waals surface area contributed by atoms with E-state index in [1.54, 1.807) is 0 Å². The fraction of sp³-hybridized carbons (Fsp3) is 0.812. The van der Waals surface area contributed by atoms with Gasteiger partial charge in [0.15, 0.2) is 0 Å². The van der Waals surface area contributed by atoms with Crippen LogP contribution in [0.1, 0.15) is 64.9 Å². The number of hydrogen-bond donors (Lipinski definition) is 2. The molecule has 0 aromatic carbocycles. The van der Waals surface area contributed by atoms with Crippen molar-refractivity contribution < 1.29 is 4.74 Å². The van der Waals surface area contributed by atoms with Gasteiger partial charge in [-0.15, -0.1) is 0 Å². The van der Waals surface area contributed by atoms with Crippen molar-refractivity contribution in [3.05, 3.63) is 17.7 Å². The number of H-pyrrole nitrogens is 1. The van der Waals surface area contributed by atoms with Gasteiger partial charge in [-0.2, -0.15) is 0 Å². The van der Waals surface area contributed by atoms with E-state index in [0.717, 1.165) is 30.9 Å². The van der Waals surface area contributed by atoms with Crippen molar-refractivity contribution in [2.75, 3.05) is 7.11 Å². The van der Waals surface area contributed by atoms with Crippen LogP contribution in [-0.4, -0.2) is 23.1 Å². The van der Waals surface area contributed by atoms with E-state index in [9.17, 15) is 0 Å². The van der Waals surface area contributed by atoms with E-state index >= 15 is 0 Å². The lowest BCUT2D eigenvalue weighted by Crippen LogP contribution is -2.37. The monoisotopic (exact) mass is 279 g/mol. The number of aromatic nitrogens is 2. The lowest BCUT2D eigenvalue weighted by atomic mass is 9.70. The van der Waals surface area contributed by atoms with Gasteiger partial charge < -0.3 is 15.0 Å². The molecular formula is C16H29N3O. The summed E-state index contributed by atoms with van der Waals surface area (Å²) >= 11 is 0. The number of methoxy groups -OCH3 is 1. The smallest absolute Gasteiger partial charge is 0.138 e. The van der Waals surface area contributed by atoms with E-state index in [0.29, 0.717) is 11.5 Å². The lowest BCUT2D eigenvalue weighted by Gasteiger charge is -2.41. The zero-order valence-electron chi connectivity index (χ0n) is 13.5. The summed E-state index contributed by atoms with van der Waals surface area (Å²) in [7, 11) is 1.81. The van der Waals surface area contributed by atoms with E-state index in [1.165, 1.54) is 12.8 Å². The Balaban J connectivity index is 2.08. The average Bonchev–Trinajstić information content (AvgIpc) is 2.86. The van der Waals surface area contributed by atoms with Crippen LogP contribution in [0.25, 0.3) is 0 Å². The van der Waals surface area contributed by atoms with Crippen molar-refractivity contribution >= 4 is 0 Å². The SMILES string of the molecule is COC1(c2ncc(CNC(C)C)[nH]2)CCC(C)(C)CC1. The Morgan fingerprint density at radius 1 is 1.30 bits per heavy atom. The maximum Gasteiger partial charge on any atom is 0.138 e. The van der Waals surface area contributed by atoms with Crippen LogP contribution in [0.3, 0.4) is 0 Å². The standard InChI is InChI=1S/C16H29N3O/c1-12(2)17-10-13-11-18-14(19-13)16(20-5)8-6-15(3,4)7-9-16/h11-12,17H,6-10H2,1-5H3,(H,18,19). The first-order chi connectivity index (χ1) is 9.37. The molecule has 4 heteroatoms. The fourth-order valence-electron chi connectivity index (χ4n) is 2.86. The van der Waals surface area contributed by atoms with Crippen molar-refractivity contribution in [1.29, 1.82) is 0 Å². The number of imidazole rings is 1. The summed E-state index contributed by atoms with van der Waals surface area (Å²) in [6.45, 7) is 9.81. The van der Waals surface area contributed by atoms with E-state index in [1.807, 2.05) is 13.3 Å². The molecule has 1 saturated carbocycles. The molecule has 4 nitrogen and oxygen atoms in total. The molecule has 0 bridgehead atoms. The summed E-state index contributed by atoms with van der Waals surface area (Å²) in [5.41, 5.74) is 1.34. The number of nitrogens with one attached hydrogen (secondary N) is 2. The minimum Gasteiger partial charge on any atom is -0.370 e. The van der Waals surface area contributed by atoms with E-state index < -0.39 is 0 Å². The highest BCUT2D eigenvalue weighted by atomic mass is 16.5. The predicted octanol–water partition coefficient (Wildman–Crippen LogP) is 3.35. The van der Waals surface area contributed by atoms with Gasteiger partial charge in [-0.25, -0.2) is 4.98 Å². The van der Waals surface area contributed by atoms with Crippen molar-refractivity contribution in [3.63, 3.8) is 0 Å². The normalized spacial score (nSPS) is 21.3. The second kappa shape index (κ2) is 5.86. The summed E-state index contributed by atoms with van der Waals surface area (Å²) in [6, 6.07) is 0.480. The molecule has 0 radical (unpaired) electrons. The van der Waals surface area contributed by atoms with E-state index in [-0.39, 0.29) is 5.60 Å². The maximum absolute atomic E-state index is 5.88. The van der Waals surface area contributed by atoms with Crippen LogP contribution in [0.15, 0.2) is 6.20 Å². The van der Waals surface area contributed by atoms with Gasteiger partial charge in [0.2, 0.25) is 0 Å². The Hall–Kier alpha value is -0.870. The Kier molecular flexibility index (Phi) is 4.55. The molecule has 1 aliphatic carbocycles. The quantitative estimate of drug-likeness (QED) is 0.869. The first kappa shape index (κ1) is 15.5. The minimum absolute atomic E-state index is 0.217. The second-order valence-corrected chi connectivity index (χ2v) is 7.16. The third-order valence-corrected chi connectivity index (χ3v) is 4.56. The molecule has 1 heterocycles. The number of ether oxygens (including phenoxy) is 1. The second-order valence-electron chi connectivity index (χ2n) is 7.16. The molecule has 1 aromatic rings. The first-order valence-electron chi connectivity index (χ1n) is 7.70. The van der Waals surface area contributed by atoms with Crippen LogP contribution in [0.4, 0.5) is 0 Å². The molecule has 1 aromatic heterocycles. The van der Waals surface area contributed by atoms with Gasteiger partial charge in [-0.05, 0) is 31.1 Å². The molecular weight excluding hydrogens is 250 g/mol. The molecule has 0 atom stereocenters. The molecule has 1 aliphatic rings. The maximum atomic E-state index is 5.88. The summed E-state index contributed by atoms with van der Waals surface area (Å²) in [5, 5.41) is 3.41. The van der Waals surface area contributed by atoms with Crippen LogP contribution in [0.2, 0.25) is 0 Å². The number of hydrogen-bond acceptors (Lipinski definition) is 3. The van der Waals surface area contributed by atoms with Crippen molar-refractivity contribution in [2.45, 2.75) is 71.6 Å². The third-order valence-electron chi connectivity index (χ3n) is 4.56. The molecule has 2 N–H and O–H groups in total. The van der Waals surface area contributed by atoms with Crippen molar-refractivity contribution in [1.82, 2.24) is 15.3 Å². The lowest BCUT2D eigenvalue weighted by molar-refractivity contribution is -0.0724. The molecule has 0 saturated heterocycles. The average molecular weight is 279 g/mol. The number of nitrogens with zero attached hydrogens (tertiary/aromatic N) is 1. The van der Waals surface area contributed by atoms with Crippen LogP contribution in [-0.2, 0) is 16.9 Å². The van der Waals surface area contributed by atoms with Gasteiger partial charge in [0.1, 0.15) is 11.4 Å². The zero-order valence-corrected chi connectivity index (χ0v) is 13.5. The fourth-order valence-corrected chi connectivity index (χ4v) is 2.86. The first-order valence-corrected chi connectivity index (χ1v) is 7.70. The van der Waals surface area contributed by atoms with Gasteiger partial charge in [-0.3, -0.25) is 0 Å². The molecule has 2 rings (SSSR count). The molecule has 0 aliphatic heterocycles. The van der Waals surface area contributed by atoms with Crippen LogP contribution in [0, 0.1) is 5.41 Å². The summed E-state index contributed by atoms with van der Waals surface area (Å²) in [5.74, 6) is 0.996. The molecule has 0 amide bonds. The summed E-state index contributed by atoms with van der Waals surface area (Å²) in [4.78, 5) is 8.05. The van der Waals surface area contributed by atoms with Crippen LogP contribution in [0.5, 0.6) is 0 Å². The van der Waals surface area contributed by atoms with Gasteiger partial charge in [0.05, 0.1) is 0 Å². The summed E-state index contributed by atoms with van der Waals surface area (Å²) in [6.07, 6.45) is 6.38. The molecule has 0 unspecified atom stereocenters. The van der Waals surface area contributed by atoms with Gasteiger partial charge in [-0.1, -0.05) is 27.7 Å². The van der Waals surface area contributed by atoms with Crippen molar-refractivity contribution in [2.24, 2.45) is 5.41 Å². The minimum atomic E-state index is -0.217. The Morgan fingerprint density at radius 3 is 2.50 bits per heavy atom. The Labute approximate surface area is 122 Å². The zero-order chi connectivity index (χ0) is 14.8.